The molecule has 0 saturated heterocycles. The van der Waals surface area contributed by atoms with Crippen molar-refractivity contribution in [2.24, 2.45) is 0 Å². The Labute approximate surface area is 392 Å². The van der Waals surface area contributed by atoms with Gasteiger partial charge in [-0.3, -0.25) is 0 Å². The van der Waals surface area contributed by atoms with Crippen molar-refractivity contribution in [1.82, 2.24) is 0 Å². The van der Waals surface area contributed by atoms with Gasteiger partial charge in [-0.25, -0.2) is 0 Å². The number of hydrogen-bond donors (Lipinski definition) is 0. The summed E-state index contributed by atoms with van der Waals surface area (Å²) in [5.74, 6) is 0. The zero-order valence-electron chi connectivity index (χ0n) is 37.0. The second-order valence-electron chi connectivity index (χ2n) is 19.1. The molecule has 0 aliphatic heterocycles. The monoisotopic (exact) mass is 871 g/mol. The van der Waals surface area contributed by atoms with Gasteiger partial charge < -0.3 is 9.32 Å². The molecule has 2 heterocycles. The fourth-order valence-electron chi connectivity index (χ4n) is 12.6. The fraction of sp³-hybridized carbons (Fsp3) is 0.0625. The second-order valence-corrected chi connectivity index (χ2v) is 20.2. The maximum Gasteiger partial charge on any atom is 0.143 e. The van der Waals surface area contributed by atoms with E-state index in [-0.39, 0.29) is 5.41 Å². The molecule has 2 aromatic heterocycles. The van der Waals surface area contributed by atoms with E-state index < -0.39 is 5.41 Å². The molecule has 0 amide bonds. The van der Waals surface area contributed by atoms with Crippen LogP contribution in [0.15, 0.2) is 217 Å². The third-order valence-corrected chi connectivity index (χ3v) is 16.6. The highest BCUT2D eigenvalue weighted by molar-refractivity contribution is 7.26. The zero-order chi connectivity index (χ0) is 44.2. The van der Waals surface area contributed by atoms with Crippen LogP contribution in [0.25, 0.3) is 86.6 Å². The summed E-state index contributed by atoms with van der Waals surface area (Å²) < 4.78 is 9.12. The van der Waals surface area contributed by atoms with Crippen LogP contribution in [0.1, 0.15) is 47.2 Å². The van der Waals surface area contributed by atoms with Gasteiger partial charge in [0.2, 0.25) is 0 Å². The van der Waals surface area contributed by atoms with E-state index in [0.717, 1.165) is 50.1 Å². The summed E-state index contributed by atoms with van der Waals surface area (Å²) >= 11 is 1.90. The lowest BCUT2D eigenvalue weighted by atomic mass is 9.70. The molecule has 0 unspecified atom stereocenters. The zero-order valence-corrected chi connectivity index (χ0v) is 37.8. The molecule has 0 atom stereocenters. The Morgan fingerprint density at radius 1 is 0.388 bits per heavy atom. The van der Waals surface area contributed by atoms with Crippen LogP contribution < -0.4 is 4.90 Å². The number of fused-ring (bicyclic) bond motifs is 20. The average Bonchev–Trinajstić information content (AvgIpc) is 4.15. The molecule has 2 nitrogen and oxygen atoms in total. The molecule has 15 rings (SSSR count). The molecule has 12 aromatic rings. The van der Waals surface area contributed by atoms with Crippen LogP contribution in [-0.4, -0.2) is 0 Å². The van der Waals surface area contributed by atoms with Gasteiger partial charge in [-0.1, -0.05) is 172 Å². The number of para-hydroxylation sites is 2. The molecule has 0 saturated carbocycles. The lowest BCUT2D eigenvalue weighted by molar-refractivity contribution is 0.660. The van der Waals surface area contributed by atoms with Crippen molar-refractivity contribution in [3.8, 4) is 44.5 Å². The molecular weight excluding hydrogens is 831 g/mol. The van der Waals surface area contributed by atoms with E-state index in [4.69, 9.17) is 4.42 Å². The fourth-order valence-corrected chi connectivity index (χ4v) is 13.7. The van der Waals surface area contributed by atoms with Crippen LogP contribution in [0.5, 0.6) is 0 Å². The van der Waals surface area contributed by atoms with Crippen LogP contribution in [-0.2, 0) is 10.8 Å². The first-order valence-corrected chi connectivity index (χ1v) is 24.1. The SMILES string of the molecule is CC1(C)c2ccccc2-c2ccc(N(c3ccc(-c4cccc5c4oc4ccccc45)cc3)c3ccc4sc5ccc6c(c5c4c3)-c3ccccc3C63c4ccccc4-c4ccccc43)cc21. The van der Waals surface area contributed by atoms with Gasteiger partial charge in [0.1, 0.15) is 11.2 Å². The smallest absolute Gasteiger partial charge is 0.143 e. The lowest BCUT2D eigenvalue weighted by Crippen LogP contribution is -2.25. The Kier molecular flexibility index (Phi) is 7.41. The van der Waals surface area contributed by atoms with Crippen molar-refractivity contribution in [2.75, 3.05) is 4.90 Å². The van der Waals surface area contributed by atoms with Crippen LogP contribution in [0.3, 0.4) is 0 Å². The number of nitrogens with zero attached hydrogens (tertiary/aromatic N) is 1. The predicted octanol–water partition coefficient (Wildman–Crippen LogP) is 17.7. The van der Waals surface area contributed by atoms with E-state index in [1.165, 1.54) is 86.9 Å². The topological polar surface area (TPSA) is 16.4 Å². The molecule has 0 bridgehead atoms. The van der Waals surface area contributed by atoms with Gasteiger partial charge in [0.15, 0.2) is 0 Å². The molecule has 3 aliphatic rings. The van der Waals surface area contributed by atoms with Gasteiger partial charge in [-0.2, -0.15) is 0 Å². The molecule has 67 heavy (non-hydrogen) atoms. The number of benzene rings is 10. The van der Waals surface area contributed by atoms with E-state index in [2.05, 4.69) is 225 Å². The summed E-state index contributed by atoms with van der Waals surface area (Å²) in [5, 5.41) is 4.90. The standard InChI is InChI=1S/C64H41NOS/c1-63(2)51-21-8-3-14-43(51)46-32-30-41(37-56(46)63)65(39-28-26-38(27-29-39)42-19-13-20-48-47-17-7-12-25-57(47)66-62(42)48)40-31-34-58-50(36-40)61-59(67-58)35-33-55-60(61)49-18-6-11-24-54(49)64(55)52-22-9-4-15-44(52)45-16-5-10-23-53(45)64/h3-37H,1-2H3. The van der Waals surface area contributed by atoms with Crippen molar-refractivity contribution in [1.29, 1.82) is 0 Å². The van der Waals surface area contributed by atoms with E-state index in [0.29, 0.717) is 0 Å². The quantitative estimate of drug-likeness (QED) is 0.175. The number of furan rings is 1. The Hall–Kier alpha value is -7.98. The highest BCUT2D eigenvalue weighted by Crippen LogP contribution is 2.64. The maximum atomic E-state index is 6.52. The molecule has 10 aromatic carbocycles. The molecule has 0 radical (unpaired) electrons. The normalized spacial score (nSPS) is 14.4. The van der Waals surface area contributed by atoms with Gasteiger partial charge in [0.05, 0.1) is 5.41 Å². The molecule has 314 valence electrons. The number of rotatable bonds is 4. The first-order chi connectivity index (χ1) is 33.0. The average molecular weight is 872 g/mol. The largest absolute Gasteiger partial charge is 0.455 e. The first kappa shape index (κ1) is 37.3. The highest BCUT2D eigenvalue weighted by Gasteiger charge is 2.52. The summed E-state index contributed by atoms with van der Waals surface area (Å²) in [4.78, 5) is 2.47. The Balaban J connectivity index is 0.950. The summed E-state index contributed by atoms with van der Waals surface area (Å²) in [6, 6.07) is 79.3. The predicted molar refractivity (Wildman–Crippen MR) is 281 cm³/mol. The molecule has 1 spiro atoms. The molecule has 3 aliphatic carbocycles. The first-order valence-electron chi connectivity index (χ1n) is 23.3. The van der Waals surface area contributed by atoms with Crippen molar-refractivity contribution >= 4 is 70.5 Å². The van der Waals surface area contributed by atoms with E-state index in [1.807, 2.05) is 17.4 Å². The van der Waals surface area contributed by atoms with Crippen molar-refractivity contribution < 1.29 is 4.42 Å². The summed E-state index contributed by atoms with van der Waals surface area (Å²) in [7, 11) is 0. The third kappa shape index (κ3) is 4.84. The van der Waals surface area contributed by atoms with Gasteiger partial charge >= 0.3 is 0 Å². The number of thiophene rings is 1. The highest BCUT2D eigenvalue weighted by atomic mass is 32.1. The Bertz CT molecular complexity index is 4040. The van der Waals surface area contributed by atoms with Crippen molar-refractivity contribution in [3.63, 3.8) is 0 Å². The van der Waals surface area contributed by atoms with Crippen molar-refractivity contribution in [3.05, 3.63) is 246 Å². The summed E-state index contributed by atoms with van der Waals surface area (Å²) in [5.41, 5.74) is 23.1. The minimum atomic E-state index is -0.394. The van der Waals surface area contributed by atoms with Gasteiger partial charge in [-0.15, -0.1) is 11.3 Å². The molecule has 0 N–H and O–H groups in total. The number of anilines is 3. The van der Waals surface area contributed by atoms with Crippen molar-refractivity contribution in [2.45, 2.75) is 24.7 Å². The molecule has 0 fully saturated rings. The maximum absolute atomic E-state index is 6.52. The van der Waals surface area contributed by atoms with Crippen LogP contribution >= 0.6 is 11.3 Å². The van der Waals surface area contributed by atoms with Gasteiger partial charge in [-0.05, 0) is 127 Å². The van der Waals surface area contributed by atoms with Crippen LogP contribution in [0, 0.1) is 0 Å². The Morgan fingerprint density at radius 3 is 1.70 bits per heavy atom. The second kappa shape index (κ2) is 13.3. The Morgan fingerprint density at radius 2 is 0.940 bits per heavy atom. The molecule has 3 heteroatoms. The molecular formula is C64H41NOS. The van der Waals surface area contributed by atoms with E-state index in [1.54, 1.807) is 0 Å². The minimum Gasteiger partial charge on any atom is -0.455 e. The summed E-state index contributed by atoms with van der Waals surface area (Å²) in [6.07, 6.45) is 0. The van der Waals surface area contributed by atoms with Crippen LogP contribution in [0.4, 0.5) is 17.1 Å². The van der Waals surface area contributed by atoms with E-state index >= 15 is 0 Å². The minimum absolute atomic E-state index is 0.141. The third-order valence-electron chi connectivity index (χ3n) is 15.5. The van der Waals surface area contributed by atoms with Gasteiger partial charge in [0.25, 0.3) is 0 Å². The summed E-state index contributed by atoms with van der Waals surface area (Å²) in [6.45, 7) is 4.74. The van der Waals surface area contributed by atoms with E-state index in [9.17, 15) is 0 Å². The van der Waals surface area contributed by atoms with Crippen LogP contribution in [0.2, 0.25) is 0 Å². The lowest BCUT2D eigenvalue weighted by Gasteiger charge is -2.30. The van der Waals surface area contributed by atoms with Gasteiger partial charge in [0, 0.05) is 59.0 Å². The number of hydrogen-bond acceptors (Lipinski definition) is 3.